The van der Waals surface area contributed by atoms with E-state index in [1.807, 2.05) is 6.07 Å². The third kappa shape index (κ3) is 4.59. The largest absolute Gasteiger partial charge is 0.475 e. The number of carbonyl (C=O) groups excluding carboxylic acids is 3. The molecule has 2 N–H and O–H groups in total. The summed E-state index contributed by atoms with van der Waals surface area (Å²) < 4.78 is 0. The van der Waals surface area contributed by atoms with E-state index >= 15 is 0 Å². The molecule has 0 aliphatic carbocycles. The SMILES string of the molecule is N#Cc1cccc(C(=O)Nc2cccc(C(=O)CC(=O)C(=O)O)c2)c1. The lowest BCUT2D eigenvalue weighted by atomic mass is 10.1. The molecule has 0 saturated carbocycles. The summed E-state index contributed by atoms with van der Waals surface area (Å²) in [6, 6.07) is 13.9. The summed E-state index contributed by atoms with van der Waals surface area (Å²) in [5.74, 6) is -4.00. The summed E-state index contributed by atoms with van der Waals surface area (Å²) in [6.45, 7) is 0. The van der Waals surface area contributed by atoms with Gasteiger partial charge in [-0.25, -0.2) is 4.79 Å². The van der Waals surface area contributed by atoms with E-state index in [0.717, 1.165) is 0 Å². The quantitative estimate of drug-likeness (QED) is 0.472. The Labute approximate surface area is 142 Å². The molecule has 0 unspecified atom stereocenters. The topological polar surface area (TPSA) is 124 Å². The highest BCUT2D eigenvalue weighted by atomic mass is 16.4. The number of carboxylic acid groups (broad SMARTS) is 1. The first-order chi connectivity index (χ1) is 11.9. The van der Waals surface area contributed by atoms with Gasteiger partial charge in [0.15, 0.2) is 5.78 Å². The number of benzene rings is 2. The zero-order valence-electron chi connectivity index (χ0n) is 12.9. The Morgan fingerprint density at radius 3 is 2.36 bits per heavy atom. The molecule has 2 aromatic carbocycles. The molecule has 0 fully saturated rings. The van der Waals surface area contributed by atoms with Gasteiger partial charge in [0.05, 0.1) is 18.1 Å². The van der Waals surface area contributed by atoms with Crippen molar-refractivity contribution in [3.63, 3.8) is 0 Å². The molecule has 0 heterocycles. The van der Waals surface area contributed by atoms with Crippen molar-refractivity contribution in [1.29, 1.82) is 5.26 Å². The molecule has 0 aliphatic rings. The number of aliphatic carboxylic acids is 1. The molecule has 0 aromatic heterocycles. The highest BCUT2D eigenvalue weighted by Crippen LogP contribution is 2.14. The number of nitrogens with one attached hydrogen (secondary N) is 1. The molecule has 7 nitrogen and oxygen atoms in total. The van der Waals surface area contributed by atoms with Gasteiger partial charge >= 0.3 is 5.97 Å². The van der Waals surface area contributed by atoms with Gasteiger partial charge in [-0.05, 0) is 30.3 Å². The van der Waals surface area contributed by atoms with Crippen molar-refractivity contribution in [3.05, 3.63) is 65.2 Å². The van der Waals surface area contributed by atoms with E-state index in [1.54, 1.807) is 18.2 Å². The summed E-state index contributed by atoms with van der Waals surface area (Å²) in [5, 5.41) is 20.0. The lowest BCUT2D eigenvalue weighted by Gasteiger charge is -2.07. The number of carboxylic acids is 1. The first-order valence-corrected chi connectivity index (χ1v) is 7.11. The molecule has 25 heavy (non-hydrogen) atoms. The van der Waals surface area contributed by atoms with Crippen LogP contribution in [0.5, 0.6) is 0 Å². The van der Waals surface area contributed by atoms with Crippen LogP contribution in [-0.4, -0.2) is 28.5 Å². The van der Waals surface area contributed by atoms with Crippen molar-refractivity contribution >= 4 is 29.1 Å². The van der Waals surface area contributed by atoms with Gasteiger partial charge in [-0.15, -0.1) is 0 Å². The molecule has 2 aromatic rings. The van der Waals surface area contributed by atoms with Gasteiger partial charge in [-0.3, -0.25) is 14.4 Å². The van der Waals surface area contributed by atoms with Gasteiger partial charge in [0, 0.05) is 16.8 Å². The fourth-order valence-corrected chi connectivity index (χ4v) is 2.03. The first kappa shape index (κ1) is 17.6. The highest BCUT2D eigenvalue weighted by Gasteiger charge is 2.18. The lowest BCUT2D eigenvalue weighted by molar-refractivity contribution is -0.148. The number of anilines is 1. The van der Waals surface area contributed by atoms with Gasteiger partial charge in [0.25, 0.3) is 5.91 Å². The number of nitrogens with zero attached hydrogens (tertiary/aromatic N) is 1. The average Bonchev–Trinajstić information content (AvgIpc) is 2.61. The maximum absolute atomic E-state index is 12.2. The van der Waals surface area contributed by atoms with Crippen LogP contribution in [0.3, 0.4) is 0 Å². The van der Waals surface area contributed by atoms with E-state index in [2.05, 4.69) is 5.32 Å². The van der Waals surface area contributed by atoms with Crippen LogP contribution in [0.25, 0.3) is 0 Å². The smallest absolute Gasteiger partial charge is 0.372 e. The van der Waals surface area contributed by atoms with Gasteiger partial charge in [0.2, 0.25) is 5.78 Å². The van der Waals surface area contributed by atoms with Crippen molar-refractivity contribution in [3.8, 4) is 6.07 Å². The van der Waals surface area contributed by atoms with E-state index in [9.17, 15) is 19.2 Å². The molecule has 0 saturated heterocycles. The molecule has 0 spiro atoms. The van der Waals surface area contributed by atoms with Crippen LogP contribution in [-0.2, 0) is 9.59 Å². The first-order valence-electron chi connectivity index (χ1n) is 7.11. The molecule has 0 bridgehead atoms. The zero-order chi connectivity index (χ0) is 18.4. The number of amides is 1. The Morgan fingerprint density at radius 2 is 1.68 bits per heavy atom. The van der Waals surface area contributed by atoms with Crippen LogP contribution in [0.1, 0.15) is 32.7 Å². The highest BCUT2D eigenvalue weighted by molar-refractivity contribution is 6.37. The minimum atomic E-state index is -1.67. The van der Waals surface area contributed by atoms with Gasteiger partial charge < -0.3 is 10.4 Å². The average molecular weight is 336 g/mol. The van der Waals surface area contributed by atoms with Crippen LogP contribution in [0, 0.1) is 11.3 Å². The van der Waals surface area contributed by atoms with Crippen molar-refractivity contribution < 1.29 is 24.3 Å². The third-order valence-corrected chi connectivity index (χ3v) is 3.26. The predicted molar refractivity (Wildman–Crippen MR) is 87.1 cm³/mol. The van der Waals surface area contributed by atoms with Crippen LogP contribution in [0.15, 0.2) is 48.5 Å². The molecule has 124 valence electrons. The maximum atomic E-state index is 12.2. The fraction of sp³-hybridized carbons (Fsp3) is 0.0556. The minimum absolute atomic E-state index is 0.109. The monoisotopic (exact) mass is 336 g/mol. The summed E-state index contributed by atoms with van der Waals surface area (Å²) in [6.07, 6.45) is -0.753. The summed E-state index contributed by atoms with van der Waals surface area (Å²) in [5.41, 5.74) is 1.03. The Hall–Kier alpha value is -3.79. The molecular weight excluding hydrogens is 324 g/mol. The van der Waals surface area contributed by atoms with Gasteiger partial charge in [0.1, 0.15) is 0 Å². The number of nitriles is 1. The second kappa shape index (κ2) is 7.66. The standard InChI is InChI=1S/C18H12N2O5/c19-10-11-3-1-5-13(7-11)17(23)20-14-6-2-4-12(8-14)15(21)9-16(22)18(24)25/h1-8H,9H2,(H,20,23)(H,24,25). The molecule has 7 heteroatoms. The van der Waals surface area contributed by atoms with E-state index in [4.69, 9.17) is 10.4 Å². The molecule has 0 radical (unpaired) electrons. The van der Waals surface area contributed by atoms with Crippen molar-refractivity contribution in [2.45, 2.75) is 6.42 Å². The molecule has 2 rings (SSSR count). The molecule has 0 atom stereocenters. The second-order valence-corrected chi connectivity index (χ2v) is 5.06. The van der Waals surface area contributed by atoms with Crippen molar-refractivity contribution in [2.24, 2.45) is 0 Å². The predicted octanol–water partition coefficient (Wildman–Crippen LogP) is 2.04. The normalized spacial score (nSPS) is 9.72. The number of Topliss-reactive ketones (excluding diaryl/α,β-unsaturated/α-hetero) is 2. The number of rotatable bonds is 6. The summed E-state index contributed by atoms with van der Waals surface area (Å²) in [4.78, 5) is 45.7. The van der Waals surface area contributed by atoms with Crippen LogP contribution in [0.2, 0.25) is 0 Å². The Bertz CT molecular complexity index is 912. The van der Waals surface area contributed by atoms with Gasteiger partial charge in [-0.2, -0.15) is 5.26 Å². The summed E-state index contributed by atoms with van der Waals surface area (Å²) in [7, 11) is 0. The van der Waals surface area contributed by atoms with Crippen molar-refractivity contribution in [1.82, 2.24) is 0 Å². The van der Waals surface area contributed by atoms with Gasteiger partial charge in [-0.1, -0.05) is 18.2 Å². The minimum Gasteiger partial charge on any atom is -0.475 e. The van der Waals surface area contributed by atoms with E-state index < -0.39 is 29.9 Å². The van der Waals surface area contributed by atoms with E-state index in [0.29, 0.717) is 11.3 Å². The second-order valence-electron chi connectivity index (χ2n) is 5.06. The van der Waals surface area contributed by atoms with E-state index in [-0.39, 0.29) is 11.1 Å². The number of carbonyl (C=O) groups is 4. The molecule has 1 amide bonds. The molecule has 0 aliphatic heterocycles. The van der Waals surface area contributed by atoms with Crippen LogP contribution >= 0.6 is 0 Å². The maximum Gasteiger partial charge on any atom is 0.372 e. The van der Waals surface area contributed by atoms with Crippen LogP contribution < -0.4 is 5.32 Å². The van der Waals surface area contributed by atoms with E-state index in [1.165, 1.54) is 30.3 Å². The number of hydrogen-bond donors (Lipinski definition) is 2. The zero-order valence-corrected chi connectivity index (χ0v) is 12.9. The van der Waals surface area contributed by atoms with Crippen LogP contribution in [0.4, 0.5) is 5.69 Å². The lowest BCUT2D eigenvalue weighted by Crippen LogP contribution is -2.17. The fourth-order valence-electron chi connectivity index (χ4n) is 2.03. The number of hydrogen-bond acceptors (Lipinski definition) is 5. The number of ketones is 2. The molecular formula is C18H12N2O5. The summed E-state index contributed by atoms with van der Waals surface area (Å²) >= 11 is 0. The Morgan fingerprint density at radius 1 is 1.00 bits per heavy atom. The van der Waals surface area contributed by atoms with Crippen molar-refractivity contribution in [2.75, 3.05) is 5.32 Å². The third-order valence-electron chi connectivity index (χ3n) is 3.26. The Kier molecular flexibility index (Phi) is 5.38. The Balaban J connectivity index is 2.14.